The number of hydrogen-bond acceptors (Lipinski definition) is 10. The first-order valence-electron chi connectivity index (χ1n) is 20.2. The average Bonchev–Trinajstić information content (AvgIpc) is 3.53. The number of allylic oxidation sites excluding steroid dienone is 2. The van der Waals surface area contributed by atoms with Crippen molar-refractivity contribution in [1.29, 1.82) is 0 Å². The number of rotatable bonds is 21. The Bertz CT molecular complexity index is 1610. The molecule has 1 saturated heterocycles. The van der Waals surface area contributed by atoms with Gasteiger partial charge in [0.15, 0.2) is 20.4 Å². The van der Waals surface area contributed by atoms with Gasteiger partial charge in [0, 0.05) is 33.5 Å². The van der Waals surface area contributed by atoms with Crippen LogP contribution in [-0.2, 0) is 39.6 Å². The molecule has 1 aromatic rings. The summed E-state index contributed by atoms with van der Waals surface area (Å²) in [7, 11) is -9.22. The monoisotopic (exact) mass is 881 g/mol. The molecule has 5 atom stereocenters. The largest absolute Gasteiger partial charge is 0.534 e. The Morgan fingerprint density at radius 3 is 2.09 bits per heavy atom. The molecular formula is C40H70F3NO9SSi3. The zero-order valence-electron chi connectivity index (χ0n) is 37.0. The lowest BCUT2D eigenvalue weighted by molar-refractivity contribution is -0.276. The van der Waals surface area contributed by atoms with E-state index in [1.54, 1.807) is 14.2 Å². The molecule has 1 aliphatic rings. The normalized spacial score (nSPS) is 21.7. The van der Waals surface area contributed by atoms with Crippen LogP contribution in [0.2, 0.25) is 54.4 Å². The van der Waals surface area contributed by atoms with Crippen LogP contribution in [0.3, 0.4) is 0 Å². The van der Waals surface area contributed by atoms with Crippen LogP contribution >= 0.6 is 0 Å². The quantitative estimate of drug-likeness (QED) is 0.0388. The summed E-state index contributed by atoms with van der Waals surface area (Å²) in [5.41, 5.74) is -0.522. The van der Waals surface area contributed by atoms with E-state index in [0.29, 0.717) is 12.8 Å². The van der Waals surface area contributed by atoms with Gasteiger partial charge in [0.1, 0.15) is 8.07 Å². The number of alkyl halides is 3. The van der Waals surface area contributed by atoms with Gasteiger partial charge in [0.2, 0.25) is 14.2 Å². The molecule has 0 unspecified atom stereocenters. The minimum absolute atomic E-state index is 0.102. The van der Waals surface area contributed by atoms with Crippen LogP contribution in [0.5, 0.6) is 5.88 Å². The lowest BCUT2D eigenvalue weighted by Gasteiger charge is -2.51. The second-order valence-electron chi connectivity index (χ2n) is 17.1. The van der Waals surface area contributed by atoms with E-state index >= 15 is 0 Å². The fourth-order valence-electron chi connectivity index (χ4n) is 7.90. The summed E-state index contributed by atoms with van der Waals surface area (Å²) in [6.07, 6.45) is 6.32. The summed E-state index contributed by atoms with van der Waals surface area (Å²) in [5, 5.41) is 0. The molecule has 1 aromatic heterocycles. The molecule has 2 rings (SSSR count). The van der Waals surface area contributed by atoms with Crippen molar-refractivity contribution in [3.05, 3.63) is 36.0 Å². The molecule has 0 aromatic carbocycles. The van der Waals surface area contributed by atoms with Crippen LogP contribution in [0.25, 0.3) is 0 Å². The van der Waals surface area contributed by atoms with Crippen LogP contribution in [0, 0.1) is 11.5 Å². The van der Waals surface area contributed by atoms with Crippen LogP contribution < -0.4 is 4.18 Å². The van der Waals surface area contributed by atoms with E-state index in [0.717, 1.165) is 30.0 Å². The number of hydrogen-bond donors (Lipinski definition) is 0. The molecule has 57 heavy (non-hydrogen) atoms. The molecule has 10 nitrogen and oxygen atoms in total. The molecule has 0 amide bonds. The van der Waals surface area contributed by atoms with Crippen molar-refractivity contribution in [2.75, 3.05) is 14.2 Å². The van der Waals surface area contributed by atoms with E-state index < -0.39 is 64.2 Å². The highest BCUT2D eigenvalue weighted by Crippen LogP contribution is 2.46. The van der Waals surface area contributed by atoms with Crippen molar-refractivity contribution in [2.24, 2.45) is 0 Å². The number of oxazole rings is 1. The first kappa shape index (κ1) is 51.4. The maximum atomic E-state index is 13.2. The highest BCUT2D eigenvalue weighted by molar-refractivity contribution is 7.87. The standard InChI is InChI=1S/C40H70F3NO9SSi3/c1-16-56(17-2,18-3)53-39(27-37-44-38(28-49-37)51-54(45,46)40(41,42)43)26-34(48-12)25-35(50-39)36(52-57(29(4)5,30(6)7)31(8)9)24-32(10)21-22-33(47-11)20-19-23-55(13,14)15/h21-22,24,28-31,33-36H,16-18,20,25-27H2,1-15H3/b22-21+,32-24+/t33-,34-,35-,36-,39-/m1/s1. The highest BCUT2D eigenvalue weighted by Gasteiger charge is 2.53. The zero-order chi connectivity index (χ0) is 43.6. The Labute approximate surface area is 344 Å². The molecule has 17 heteroatoms. The van der Waals surface area contributed by atoms with E-state index in [-0.39, 0.29) is 47.6 Å². The van der Waals surface area contributed by atoms with Crippen molar-refractivity contribution in [3.63, 3.8) is 0 Å². The summed E-state index contributed by atoms with van der Waals surface area (Å²) < 4.78 is 107. The van der Waals surface area contributed by atoms with Gasteiger partial charge in [-0.3, -0.25) is 0 Å². The summed E-state index contributed by atoms with van der Waals surface area (Å²) >= 11 is 0. The highest BCUT2D eigenvalue weighted by atomic mass is 32.2. The van der Waals surface area contributed by atoms with Crippen molar-refractivity contribution in [2.45, 2.75) is 185 Å². The number of nitrogens with zero attached hydrogens (tertiary/aromatic N) is 1. The van der Waals surface area contributed by atoms with Gasteiger partial charge in [-0.1, -0.05) is 106 Å². The maximum absolute atomic E-state index is 13.2. The van der Waals surface area contributed by atoms with Gasteiger partial charge in [-0.25, -0.2) is 0 Å². The fourth-order valence-corrected chi connectivity index (χ4v) is 17.4. The average molecular weight is 882 g/mol. The third-order valence-corrected chi connectivity index (χ3v) is 23.6. The molecule has 328 valence electrons. The Balaban J connectivity index is 2.80. The molecule has 1 fully saturated rings. The van der Waals surface area contributed by atoms with Gasteiger partial charge in [-0.15, -0.1) is 11.5 Å². The zero-order valence-corrected chi connectivity index (χ0v) is 40.8. The smallest absolute Gasteiger partial charge is 0.445 e. The van der Waals surface area contributed by atoms with Crippen LogP contribution in [0.1, 0.15) is 94.4 Å². The molecule has 1 aliphatic heterocycles. The molecule has 0 N–H and O–H groups in total. The van der Waals surface area contributed by atoms with Gasteiger partial charge in [0.05, 0.1) is 30.8 Å². The molecule has 0 radical (unpaired) electrons. The Morgan fingerprint density at radius 1 is 1.04 bits per heavy atom. The van der Waals surface area contributed by atoms with Crippen LogP contribution in [0.4, 0.5) is 13.2 Å². The number of ether oxygens (including phenoxy) is 3. The molecule has 0 saturated carbocycles. The maximum Gasteiger partial charge on any atom is 0.534 e. The first-order valence-corrected chi connectivity index (χ1v) is 29.8. The predicted octanol–water partition coefficient (Wildman–Crippen LogP) is 10.7. The summed E-state index contributed by atoms with van der Waals surface area (Å²) in [4.78, 5) is 4.02. The molecule has 2 heterocycles. The van der Waals surface area contributed by atoms with E-state index in [1.807, 2.05) is 19.1 Å². The van der Waals surface area contributed by atoms with E-state index in [1.165, 1.54) is 0 Å². The SMILES string of the molecule is CC[Si](CC)(CC)O[C@@]1(Cc2nc(OS(=O)(=O)C(F)(F)F)co2)C[C@H](OC)C[C@H]([C@@H](/C=C(C)/C=C/[C@@H](CC#C[Si](C)(C)C)OC)O[Si](C(C)C)(C(C)C)C(C)C)O1. The number of methoxy groups -OCH3 is 2. The number of aromatic nitrogens is 1. The fraction of sp³-hybridized carbons (Fsp3) is 0.775. The summed E-state index contributed by atoms with van der Waals surface area (Å²) in [6.45, 7) is 28.2. The minimum atomic E-state index is -5.97. The van der Waals surface area contributed by atoms with Gasteiger partial charge in [-0.2, -0.15) is 26.6 Å². The predicted molar refractivity (Wildman–Crippen MR) is 227 cm³/mol. The van der Waals surface area contributed by atoms with Gasteiger partial charge in [-0.05, 0) is 41.7 Å². The second kappa shape index (κ2) is 21.2. The van der Waals surface area contributed by atoms with E-state index in [4.69, 9.17) is 27.5 Å². The van der Waals surface area contributed by atoms with Crippen molar-refractivity contribution in [3.8, 4) is 17.3 Å². The summed E-state index contributed by atoms with van der Waals surface area (Å²) in [6, 6.07) is 2.32. The third kappa shape index (κ3) is 14.2. The van der Waals surface area contributed by atoms with E-state index in [2.05, 4.69) is 109 Å². The molecule has 0 aliphatic carbocycles. The van der Waals surface area contributed by atoms with Gasteiger partial charge < -0.3 is 31.7 Å². The Hall–Kier alpha value is -1.76. The van der Waals surface area contributed by atoms with Crippen molar-refractivity contribution >= 4 is 34.8 Å². The number of halogens is 3. The van der Waals surface area contributed by atoms with Crippen LogP contribution in [0.15, 0.2) is 34.5 Å². The second-order valence-corrected chi connectivity index (χ2v) is 33.5. The minimum Gasteiger partial charge on any atom is -0.445 e. The van der Waals surface area contributed by atoms with Gasteiger partial charge in [0.25, 0.3) is 5.88 Å². The molecule has 0 bridgehead atoms. The topological polar surface area (TPSA) is 116 Å². The Kier molecular flexibility index (Phi) is 19.1. The first-order chi connectivity index (χ1) is 26.3. The molecular weight excluding hydrogens is 812 g/mol. The van der Waals surface area contributed by atoms with E-state index in [9.17, 15) is 21.6 Å². The lowest BCUT2D eigenvalue weighted by atomic mass is 9.92. The van der Waals surface area contributed by atoms with Crippen LogP contribution in [-0.4, -0.2) is 88.0 Å². The summed E-state index contributed by atoms with van der Waals surface area (Å²) in [5.74, 6) is 0.955. The molecule has 0 spiro atoms. The Morgan fingerprint density at radius 2 is 1.61 bits per heavy atom. The van der Waals surface area contributed by atoms with Gasteiger partial charge >= 0.3 is 15.6 Å². The van der Waals surface area contributed by atoms with Crippen molar-refractivity contribution in [1.82, 2.24) is 4.98 Å². The van der Waals surface area contributed by atoms with Crippen molar-refractivity contribution < 1.29 is 53.3 Å². The lowest BCUT2D eigenvalue weighted by Crippen LogP contribution is -2.60. The third-order valence-electron chi connectivity index (χ3n) is 11.0.